The van der Waals surface area contributed by atoms with E-state index in [2.05, 4.69) is 4.99 Å². The molecule has 1 aromatic carbocycles. The van der Waals surface area contributed by atoms with E-state index in [9.17, 15) is 18.0 Å². The summed E-state index contributed by atoms with van der Waals surface area (Å²) in [6, 6.07) is 4.29. The molecule has 0 bridgehead atoms. The van der Waals surface area contributed by atoms with Crippen LogP contribution in [0.5, 0.6) is 0 Å². The second kappa shape index (κ2) is 8.60. The van der Waals surface area contributed by atoms with Crippen molar-refractivity contribution in [1.82, 2.24) is 0 Å². The van der Waals surface area contributed by atoms with Gasteiger partial charge in [0.15, 0.2) is 15.8 Å². The summed E-state index contributed by atoms with van der Waals surface area (Å²) in [4.78, 5) is 29.8. The van der Waals surface area contributed by atoms with Gasteiger partial charge in [0.05, 0.1) is 22.5 Å². The fourth-order valence-electron chi connectivity index (χ4n) is 3.28. The summed E-state index contributed by atoms with van der Waals surface area (Å²) < 4.78 is 29.6. The fourth-order valence-corrected chi connectivity index (χ4v) is 4.14. The van der Waals surface area contributed by atoms with Crippen molar-refractivity contribution in [1.29, 1.82) is 0 Å². The lowest BCUT2D eigenvalue weighted by Gasteiger charge is -2.39. The number of piperidine rings is 1. The number of nitrogens with two attached hydrogens (primary N) is 3. The number of guanidine groups is 1. The van der Waals surface area contributed by atoms with Crippen LogP contribution in [-0.4, -0.2) is 50.8 Å². The minimum atomic E-state index is -3.70. The maximum Gasteiger partial charge on any atom is 0.309 e. The summed E-state index contributed by atoms with van der Waals surface area (Å²) in [6.45, 7) is 5.84. The third kappa shape index (κ3) is 5.92. The van der Waals surface area contributed by atoms with Gasteiger partial charge in [0.25, 0.3) is 5.91 Å². The molecule has 10 nitrogen and oxygen atoms in total. The van der Waals surface area contributed by atoms with Crippen LogP contribution in [0.3, 0.4) is 0 Å². The van der Waals surface area contributed by atoms with Crippen molar-refractivity contribution in [2.75, 3.05) is 17.7 Å². The SMILES string of the molecule is CC(C)(C)OC(=O)C1CCN(c2ccc(S(C)(=O)=O)c(C(=O)N=C(N)N)c2)C(N)C1. The summed E-state index contributed by atoms with van der Waals surface area (Å²) >= 11 is 0. The van der Waals surface area contributed by atoms with Crippen LogP contribution in [0.25, 0.3) is 0 Å². The Kier molecular flexibility index (Phi) is 6.77. The number of sulfone groups is 1. The molecule has 0 saturated carbocycles. The van der Waals surface area contributed by atoms with E-state index in [0.29, 0.717) is 25.1 Å². The summed E-state index contributed by atoms with van der Waals surface area (Å²) in [5, 5.41) is 0. The number of hydrogen-bond acceptors (Lipinski definition) is 7. The van der Waals surface area contributed by atoms with Crippen molar-refractivity contribution >= 4 is 33.4 Å². The molecular weight excluding hydrogens is 410 g/mol. The normalized spacial score (nSPS) is 19.8. The Balaban J connectivity index is 2.31. The topological polar surface area (TPSA) is 171 Å². The van der Waals surface area contributed by atoms with Crippen LogP contribution < -0.4 is 22.1 Å². The second-order valence-electron chi connectivity index (χ2n) is 8.31. The zero-order chi connectivity index (χ0) is 22.9. The van der Waals surface area contributed by atoms with Crippen LogP contribution >= 0.6 is 0 Å². The van der Waals surface area contributed by atoms with Gasteiger partial charge in [-0.2, -0.15) is 4.99 Å². The summed E-state index contributed by atoms with van der Waals surface area (Å²) in [5.74, 6) is -1.98. The molecule has 1 aromatic rings. The van der Waals surface area contributed by atoms with Crippen LogP contribution in [0.15, 0.2) is 28.1 Å². The molecule has 2 rings (SSSR count). The molecule has 1 aliphatic rings. The molecule has 11 heteroatoms. The number of amides is 1. The maximum absolute atomic E-state index is 12.4. The van der Waals surface area contributed by atoms with Crippen LogP contribution in [0.4, 0.5) is 5.69 Å². The smallest absolute Gasteiger partial charge is 0.309 e. The van der Waals surface area contributed by atoms with Crippen molar-refractivity contribution < 1.29 is 22.7 Å². The summed E-state index contributed by atoms with van der Waals surface area (Å²) in [6.07, 6.45) is 1.34. The van der Waals surface area contributed by atoms with E-state index < -0.39 is 33.5 Å². The molecule has 0 spiro atoms. The number of anilines is 1. The monoisotopic (exact) mass is 439 g/mol. The molecule has 30 heavy (non-hydrogen) atoms. The molecule has 1 fully saturated rings. The van der Waals surface area contributed by atoms with Crippen molar-refractivity contribution in [3.8, 4) is 0 Å². The fraction of sp³-hybridized carbons (Fsp3) is 0.526. The highest BCUT2D eigenvalue weighted by molar-refractivity contribution is 7.90. The molecule has 166 valence electrons. The number of rotatable bonds is 4. The van der Waals surface area contributed by atoms with Gasteiger partial charge in [-0.05, 0) is 51.8 Å². The Morgan fingerprint density at radius 1 is 1.23 bits per heavy atom. The van der Waals surface area contributed by atoms with Gasteiger partial charge in [0, 0.05) is 18.5 Å². The minimum Gasteiger partial charge on any atom is -0.460 e. The van der Waals surface area contributed by atoms with Gasteiger partial charge in [-0.1, -0.05) is 0 Å². The predicted molar refractivity (Wildman–Crippen MR) is 114 cm³/mol. The molecule has 1 aliphatic heterocycles. The Bertz CT molecular complexity index is 964. The number of ether oxygens (including phenoxy) is 1. The molecule has 2 atom stereocenters. The van der Waals surface area contributed by atoms with E-state index >= 15 is 0 Å². The van der Waals surface area contributed by atoms with Gasteiger partial charge in [-0.3, -0.25) is 9.59 Å². The van der Waals surface area contributed by atoms with E-state index in [0.717, 1.165) is 6.26 Å². The molecule has 1 saturated heterocycles. The molecular formula is C19H29N5O5S. The van der Waals surface area contributed by atoms with Gasteiger partial charge in [0.2, 0.25) is 0 Å². The zero-order valence-corrected chi connectivity index (χ0v) is 18.4. The van der Waals surface area contributed by atoms with Crippen LogP contribution in [0.2, 0.25) is 0 Å². The average Bonchev–Trinajstić information content (AvgIpc) is 2.58. The number of benzene rings is 1. The Morgan fingerprint density at radius 2 is 1.87 bits per heavy atom. The standard InChI is InChI=1S/C19H29N5O5S/c1-19(2,3)29-17(26)11-7-8-24(15(20)9-11)12-5-6-14(30(4,27)28)13(10-12)16(25)23-18(21)22/h5-6,10-11,15H,7-9,20H2,1-4H3,(H4,21,22,23,25). The number of esters is 1. The molecule has 0 aromatic heterocycles. The highest BCUT2D eigenvalue weighted by Gasteiger charge is 2.34. The van der Waals surface area contributed by atoms with E-state index in [4.69, 9.17) is 21.9 Å². The highest BCUT2D eigenvalue weighted by Crippen LogP contribution is 2.30. The lowest BCUT2D eigenvalue weighted by molar-refractivity contribution is -0.161. The van der Waals surface area contributed by atoms with Crippen LogP contribution in [0.1, 0.15) is 44.0 Å². The van der Waals surface area contributed by atoms with Crippen molar-refractivity contribution in [2.45, 2.75) is 50.3 Å². The number of aliphatic imine (C=N–C) groups is 1. The van der Waals surface area contributed by atoms with Gasteiger partial charge in [-0.25, -0.2) is 8.42 Å². The molecule has 1 amide bonds. The Labute approximate surface area is 176 Å². The lowest BCUT2D eigenvalue weighted by atomic mass is 9.93. The molecule has 6 N–H and O–H groups in total. The third-order valence-electron chi connectivity index (χ3n) is 4.54. The first-order chi connectivity index (χ1) is 13.7. The average molecular weight is 440 g/mol. The number of hydrogen-bond donors (Lipinski definition) is 3. The first-order valence-electron chi connectivity index (χ1n) is 9.42. The van der Waals surface area contributed by atoms with Crippen molar-refractivity contribution in [3.05, 3.63) is 23.8 Å². The van der Waals surface area contributed by atoms with Gasteiger partial charge in [0.1, 0.15) is 5.60 Å². The maximum atomic E-state index is 12.4. The number of carbonyl (C=O) groups excluding carboxylic acids is 2. The van der Waals surface area contributed by atoms with Crippen LogP contribution in [0, 0.1) is 5.92 Å². The Hall–Kier alpha value is -2.66. The second-order valence-corrected chi connectivity index (χ2v) is 10.3. The predicted octanol–water partition coefficient (Wildman–Crippen LogP) is 0.347. The van der Waals surface area contributed by atoms with Gasteiger partial charge < -0.3 is 26.8 Å². The van der Waals surface area contributed by atoms with Gasteiger partial charge >= 0.3 is 5.97 Å². The third-order valence-corrected chi connectivity index (χ3v) is 5.70. The zero-order valence-electron chi connectivity index (χ0n) is 17.6. The first-order valence-corrected chi connectivity index (χ1v) is 11.3. The largest absolute Gasteiger partial charge is 0.460 e. The molecule has 0 aliphatic carbocycles. The van der Waals surface area contributed by atoms with E-state index in [1.54, 1.807) is 31.7 Å². The molecule has 2 unspecified atom stereocenters. The van der Waals surface area contributed by atoms with E-state index in [-0.39, 0.29) is 22.3 Å². The quantitative estimate of drug-likeness (QED) is 0.340. The van der Waals surface area contributed by atoms with Crippen LogP contribution in [-0.2, 0) is 19.4 Å². The molecule has 0 radical (unpaired) electrons. The van der Waals surface area contributed by atoms with E-state index in [1.165, 1.54) is 12.1 Å². The first kappa shape index (κ1) is 23.6. The summed E-state index contributed by atoms with van der Waals surface area (Å²) in [7, 11) is -3.70. The Morgan fingerprint density at radius 3 is 2.37 bits per heavy atom. The minimum absolute atomic E-state index is 0.148. The number of carbonyl (C=O) groups is 2. The molecule has 1 heterocycles. The lowest BCUT2D eigenvalue weighted by Crippen LogP contribution is -2.50. The van der Waals surface area contributed by atoms with Crippen molar-refractivity contribution in [2.24, 2.45) is 28.1 Å². The highest BCUT2D eigenvalue weighted by atomic mass is 32.2. The van der Waals surface area contributed by atoms with Crippen molar-refractivity contribution in [3.63, 3.8) is 0 Å². The van der Waals surface area contributed by atoms with E-state index in [1.807, 2.05) is 0 Å². The number of nitrogens with zero attached hydrogens (tertiary/aromatic N) is 2. The van der Waals surface area contributed by atoms with Gasteiger partial charge in [-0.15, -0.1) is 0 Å². The summed E-state index contributed by atoms with van der Waals surface area (Å²) in [5.41, 5.74) is 16.6.